The Kier molecular flexibility index (Phi) is 4.87. The Morgan fingerprint density at radius 3 is 2.68 bits per heavy atom. The molecule has 2 fully saturated rings. The van der Waals surface area contributed by atoms with E-state index in [0.717, 1.165) is 19.5 Å². The van der Waals surface area contributed by atoms with E-state index in [2.05, 4.69) is 41.4 Å². The summed E-state index contributed by atoms with van der Waals surface area (Å²) in [5.41, 5.74) is 3.31. The molecule has 0 atom stereocenters. The first-order valence-corrected chi connectivity index (χ1v) is 7.90. The van der Waals surface area contributed by atoms with Crippen LogP contribution in [0.1, 0.15) is 45.6 Å². The van der Waals surface area contributed by atoms with Crippen molar-refractivity contribution in [2.24, 2.45) is 0 Å². The van der Waals surface area contributed by atoms with Gasteiger partial charge in [-0.15, -0.1) is 0 Å². The van der Waals surface area contributed by atoms with Gasteiger partial charge in [-0.3, -0.25) is 0 Å². The molecule has 0 radical (unpaired) electrons. The zero-order valence-corrected chi connectivity index (χ0v) is 12.7. The lowest BCUT2D eigenvalue weighted by Crippen LogP contribution is -2.64. The molecular weight excluding hydrogens is 232 g/mol. The molecule has 3 rings (SSSR count). The van der Waals surface area contributed by atoms with Gasteiger partial charge in [0, 0.05) is 30.9 Å². The Morgan fingerprint density at radius 1 is 1.26 bits per heavy atom. The van der Waals surface area contributed by atoms with E-state index < -0.39 is 0 Å². The van der Waals surface area contributed by atoms with Gasteiger partial charge in [0.25, 0.3) is 0 Å². The van der Waals surface area contributed by atoms with Crippen molar-refractivity contribution in [3.8, 4) is 0 Å². The Labute approximate surface area is 118 Å². The Balaban J connectivity index is 0.000000637. The van der Waals surface area contributed by atoms with E-state index in [1.807, 2.05) is 13.8 Å². The van der Waals surface area contributed by atoms with E-state index in [-0.39, 0.29) is 0 Å². The molecule has 1 aromatic rings. The van der Waals surface area contributed by atoms with Gasteiger partial charge in [0.05, 0.1) is 0 Å². The number of nitrogens with one attached hydrogen (secondary N) is 1. The summed E-state index contributed by atoms with van der Waals surface area (Å²) < 4.78 is 0. The second kappa shape index (κ2) is 6.42. The quantitative estimate of drug-likeness (QED) is 0.874. The first-order valence-electron chi connectivity index (χ1n) is 7.90. The first-order chi connectivity index (χ1) is 9.31. The molecule has 2 aliphatic rings. The number of rotatable bonds is 2. The molecule has 106 valence electrons. The predicted octanol–water partition coefficient (Wildman–Crippen LogP) is 3.61. The van der Waals surface area contributed by atoms with Crippen LogP contribution in [0.15, 0.2) is 24.3 Å². The van der Waals surface area contributed by atoms with Gasteiger partial charge in [0.2, 0.25) is 0 Å². The largest absolute Gasteiger partial charge is 0.368 e. The normalized spacial score (nSPS) is 20.5. The summed E-state index contributed by atoms with van der Waals surface area (Å²) in [6.07, 6.45) is 5.24. The van der Waals surface area contributed by atoms with Crippen molar-refractivity contribution in [1.29, 1.82) is 0 Å². The molecule has 1 N–H and O–H groups in total. The number of benzene rings is 1. The van der Waals surface area contributed by atoms with Crippen LogP contribution in [-0.4, -0.2) is 25.2 Å². The number of nitrogens with zero attached hydrogens (tertiary/aromatic N) is 1. The molecule has 1 heterocycles. The fourth-order valence-corrected chi connectivity index (χ4v) is 3.09. The Hall–Kier alpha value is -1.02. The van der Waals surface area contributed by atoms with E-state index in [4.69, 9.17) is 0 Å². The topological polar surface area (TPSA) is 15.3 Å². The molecule has 1 aliphatic heterocycles. The zero-order valence-electron chi connectivity index (χ0n) is 12.7. The molecule has 1 spiro atoms. The summed E-state index contributed by atoms with van der Waals surface area (Å²) in [4.78, 5) is 2.56. The highest BCUT2D eigenvalue weighted by molar-refractivity contribution is 5.50. The molecule has 1 aliphatic carbocycles. The molecule has 0 unspecified atom stereocenters. The molecular formula is C17H28N2. The van der Waals surface area contributed by atoms with Crippen LogP contribution in [-0.2, 0) is 6.42 Å². The van der Waals surface area contributed by atoms with Gasteiger partial charge < -0.3 is 10.2 Å². The van der Waals surface area contributed by atoms with Crippen LogP contribution in [0.25, 0.3) is 0 Å². The average Bonchev–Trinajstić information content (AvgIpc) is 2.48. The third-order valence-corrected chi connectivity index (χ3v) is 4.37. The lowest BCUT2D eigenvalue weighted by atomic mass is 9.75. The van der Waals surface area contributed by atoms with Crippen LogP contribution in [0.4, 0.5) is 5.69 Å². The molecule has 0 aromatic heterocycles. The van der Waals surface area contributed by atoms with Gasteiger partial charge in [-0.2, -0.15) is 0 Å². The third kappa shape index (κ3) is 3.11. The van der Waals surface area contributed by atoms with Gasteiger partial charge in [0.1, 0.15) is 0 Å². The smallest absolute Gasteiger partial charge is 0.0370 e. The molecule has 19 heavy (non-hydrogen) atoms. The van der Waals surface area contributed by atoms with E-state index in [9.17, 15) is 0 Å². The lowest BCUT2D eigenvalue weighted by Gasteiger charge is -2.50. The van der Waals surface area contributed by atoms with Crippen LogP contribution in [0.2, 0.25) is 0 Å². The summed E-state index contributed by atoms with van der Waals surface area (Å²) >= 11 is 0. The second-order valence-electron chi connectivity index (χ2n) is 5.51. The number of hydrogen-bond acceptors (Lipinski definition) is 2. The average molecular weight is 260 g/mol. The number of hydrogen-bond donors (Lipinski definition) is 1. The first kappa shape index (κ1) is 14.4. The van der Waals surface area contributed by atoms with Gasteiger partial charge in [-0.25, -0.2) is 0 Å². The predicted molar refractivity (Wildman–Crippen MR) is 84.0 cm³/mol. The number of aryl methyl sites for hydroxylation is 1. The summed E-state index contributed by atoms with van der Waals surface area (Å²) in [6, 6.07) is 9.04. The number of piperazine rings is 1. The highest BCUT2D eigenvalue weighted by Gasteiger charge is 2.40. The maximum Gasteiger partial charge on any atom is 0.0370 e. The molecule has 0 amide bonds. The SMILES string of the molecule is CC.CCc1cccc(N2CCNC3(CCC3)C2)c1. The van der Waals surface area contributed by atoms with Crippen LogP contribution < -0.4 is 10.2 Å². The summed E-state index contributed by atoms with van der Waals surface area (Å²) in [6.45, 7) is 9.70. The Morgan fingerprint density at radius 2 is 2.05 bits per heavy atom. The van der Waals surface area contributed by atoms with Crippen LogP contribution in [0, 0.1) is 0 Å². The van der Waals surface area contributed by atoms with Crippen molar-refractivity contribution in [2.75, 3.05) is 24.5 Å². The summed E-state index contributed by atoms with van der Waals surface area (Å²) in [7, 11) is 0. The molecule has 1 saturated carbocycles. The van der Waals surface area contributed by atoms with Crippen molar-refractivity contribution in [2.45, 2.75) is 52.0 Å². The molecule has 2 heteroatoms. The highest BCUT2D eigenvalue weighted by atomic mass is 15.2. The fraction of sp³-hybridized carbons (Fsp3) is 0.647. The molecule has 1 aromatic carbocycles. The van der Waals surface area contributed by atoms with Crippen molar-refractivity contribution in [3.05, 3.63) is 29.8 Å². The maximum absolute atomic E-state index is 3.72. The molecule has 0 bridgehead atoms. The van der Waals surface area contributed by atoms with Crippen molar-refractivity contribution < 1.29 is 0 Å². The number of anilines is 1. The van der Waals surface area contributed by atoms with Crippen molar-refractivity contribution >= 4 is 5.69 Å². The summed E-state index contributed by atoms with van der Waals surface area (Å²) in [5.74, 6) is 0. The van der Waals surface area contributed by atoms with Gasteiger partial charge in [0.15, 0.2) is 0 Å². The molecule has 1 saturated heterocycles. The lowest BCUT2D eigenvalue weighted by molar-refractivity contribution is 0.173. The maximum atomic E-state index is 3.72. The fourth-order valence-electron chi connectivity index (χ4n) is 3.09. The van der Waals surface area contributed by atoms with Crippen LogP contribution >= 0.6 is 0 Å². The monoisotopic (exact) mass is 260 g/mol. The third-order valence-electron chi connectivity index (χ3n) is 4.37. The minimum Gasteiger partial charge on any atom is -0.368 e. The van der Waals surface area contributed by atoms with E-state index in [1.165, 1.54) is 37.1 Å². The van der Waals surface area contributed by atoms with Gasteiger partial charge in [-0.1, -0.05) is 32.9 Å². The minimum atomic E-state index is 0.445. The van der Waals surface area contributed by atoms with Crippen molar-refractivity contribution in [3.63, 3.8) is 0 Å². The minimum absolute atomic E-state index is 0.445. The summed E-state index contributed by atoms with van der Waals surface area (Å²) in [5, 5.41) is 3.72. The second-order valence-corrected chi connectivity index (χ2v) is 5.51. The zero-order chi connectivity index (χ0) is 13.7. The van der Waals surface area contributed by atoms with Crippen LogP contribution in [0.3, 0.4) is 0 Å². The van der Waals surface area contributed by atoms with Gasteiger partial charge >= 0.3 is 0 Å². The molecule has 2 nitrogen and oxygen atoms in total. The van der Waals surface area contributed by atoms with Crippen molar-refractivity contribution in [1.82, 2.24) is 5.32 Å². The van der Waals surface area contributed by atoms with Gasteiger partial charge in [-0.05, 0) is 43.4 Å². The van der Waals surface area contributed by atoms with E-state index in [0.29, 0.717) is 5.54 Å². The van der Waals surface area contributed by atoms with E-state index >= 15 is 0 Å². The standard InChI is InChI=1S/C15H22N2.C2H6/c1-2-13-5-3-6-14(11-13)17-10-9-16-15(12-17)7-4-8-15;1-2/h3,5-6,11,16H,2,4,7-10,12H2,1H3;1-2H3. The van der Waals surface area contributed by atoms with E-state index in [1.54, 1.807) is 0 Å². The highest BCUT2D eigenvalue weighted by Crippen LogP contribution is 2.35. The Bertz CT molecular complexity index is 396. The van der Waals surface area contributed by atoms with Crippen LogP contribution in [0.5, 0.6) is 0 Å².